The number of hydrogen-bond donors (Lipinski definition) is 0. The van der Waals surface area contributed by atoms with E-state index in [1.54, 1.807) is 0 Å². The number of para-hydroxylation sites is 1. The Morgan fingerprint density at radius 1 is 0.615 bits per heavy atom. The Morgan fingerprint density at radius 3 is 1.92 bits per heavy atom. The molecule has 6 heteroatoms. The zero-order chi connectivity index (χ0) is 46.0. The number of nitrogens with zero attached hydrogens (tertiary/aromatic N) is 4. The summed E-state index contributed by atoms with van der Waals surface area (Å²) in [5.74, 6) is 3.32. The molecule has 0 aliphatic heterocycles. The SMILES string of the molecule is CC(C)c1cc(C(C)C)c(-c2cccc(-[n+]3[c-]n(-c4[c-]c(Oc5[c-]c6c(cc5)c5ccccc5n6-c5cc(C(C)(C)C)ccn5)cc(C(C)(C)C)c4)c(C(C)(C)C)c3)c2)c(C(C)C)c1.[Pt]. The number of benzene rings is 5. The molecule has 3 heterocycles. The van der Waals surface area contributed by atoms with Crippen molar-refractivity contribution < 1.29 is 30.4 Å². The monoisotopic (exact) mass is 1040 g/mol. The number of ether oxygens (including phenoxy) is 1. The fourth-order valence-electron chi connectivity index (χ4n) is 8.75. The molecule has 0 N–H and O–H groups in total. The molecular formula is C59H66N4OPt-2. The maximum absolute atomic E-state index is 6.84. The number of hydrogen-bond acceptors (Lipinski definition) is 2. The molecule has 0 spiro atoms. The van der Waals surface area contributed by atoms with Gasteiger partial charge in [0, 0.05) is 50.5 Å². The zero-order valence-electron chi connectivity index (χ0n) is 41.1. The predicted molar refractivity (Wildman–Crippen MR) is 266 cm³/mol. The Balaban J connectivity index is 0.00000630. The number of imidazole rings is 1. The first-order valence-electron chi connectivity index (χ1n) is 23.1. The average Bonchev–Trinajstić information content (AvgIpc) is 3.83. The summed E-state index contributed by atoms with van der Waals surface area (Å²) >= 11 is 0. The summed E-state index contributed by atoms with van der Waals surface area (Å²) in [6, 6.07) is 42.5. The molecule has 0 radical (unpaired) electrons. The van der Waals surface area contributed by atoms with Gasteiger partial charge in [0.1, 0.15) is 5.82 Å². The van der Waals surface area contributed by atoms with Crippen molar-refractivity contribution in [1.82, 2.24) is 14.1 Å². The maximum Gasteiger partial charge on any atom is 0.267 e. The van der Waals surface area contributed by atoms with Gasteiger partial charge in [0.15, 0.2) is 0 Å². The van der Waals surface area contributed by atoms with E-state index in [1.807, 2.05) is 12.3 Å². The van der Waals surface area contributed by atoms with Crippen molar-refractivity contribution in [1.29, 1.82) is 0 Å². The second-order valence-corrected chi connectivity index (χ2v) is 21.7. The fourth-order valence-corrected chi connectivity index (χ4v) is 8.75. The predicted octanol–water partition coefficient (Wildman–Crippen LogP) is 15.4. The molecule has 0 aliphatic rings. The molecule has 3 aromatic heterocycles. The van der Waals surface area contributed by atoms with E-state index >= 15 is 0 Å². The molecule has 5 aromatic carbocycles. The van der Waals surface area contributed by atoms with Gasteiger partial charge >= 0.3 is 0 Å². The van der Waals surface area contributed by atoms with Crippen molar-refractivity contribution in [3.63, 3.8) is 0 Å². The summed E-state index contributed by atoms with van der Waals surface area (Å²) in [4.78, 5) is 4.88. The normalized spacial score (nSPS) is 12.5. The van der Waals surface area contributed by atoms with Gasteiger partial charge in [0.2, 0.25) is 0 Å². The van der Waals surface area contributed by atoms with Crippen molar-refractivity contribution in [3.8, 4) is 39.8 Å². The van der Waals surface area contributed by atoms with Crippen molar-refractivity contribution in [3.05, 3.63) is 161 Å². The number of fused-ring (bicyclic) bond motifs is 3. The van der Waals surface area contributed by atoms with Crippen LogP contribution >= 0.6 is 0 Å². The number of aromatic nitrogens is 4. The Labute approximate surface area is 403 Å². The van der Waals surface area contributed by atoms with Gasteiger partial charge in [-0.2, -0.15) is 17.7 Å². The van der Waals surface area contributed by atoms with Gasteiger partial charge in [-0.25, -0.2) is 4.98 Å². The molecule has 0 atom stereocenters. The van der Waals surface area contributed by atoms with Crippen LogP contribution in [-0.2, 0) is 37.3 Å². The summed E-state index contributed by atoms with van der Waals surface area (Å²) in [5.41, 5.74) is 13.8. The average molecular weight is 1040 g/mol. The van der Waals surface area contributed by atoms with Crippen LogP contribution in [0, 0.1) is 18.5 Å². The summed E-state index contributed by atoms with van der Waals surface area (Å²) < 4.78 is 13.4. The van der Waals surface area contributed by atoms with Crippen molar-refractivity contribution in [2.24, 2.45) is 0 Å². The van der Waals surface area contributed by atoms with E-state index in [2.05, 4.69) is 233 Å². The molecule has 0 saturated heterocycles. The fraction of sp³-hybridized carbons (Fsp3) is 0.356. The minimum Gasteiger partial charge on any atom is -0.510 e. The van der Waals surface area contributed by atoms with E-state index < -0.39 is 0 Å². The number of rotatable bonds is 9. The molecule has 5 nitrogen and oxygen atoms in total. The quantitative estimate of drug-likeness (QED) is 0.107. The number of pyridine rings is 1. The van der Waals surface area contributed by atoms with Crippen LogP contribution in [0.3, 0.4) is 0 Å². The largest absolute Gasteiger partial charge is 0.510 e. The minimum atomic E-state index is -0.210. The molecule has 0 saturated carbocycles. The molecule has 8 rings (SSSR count). The molecule has 0 aliphatic carbocycles. The van der Waals surface area contributed by atoms with Gasteiger partial charge in [-0.1, -0.05) is 152 Å². The van der Waals surface area contributed by atoms with E-state index in [0.29, 0.717) is 29.3 Å². The second kappa shape index (κ2) is 17.9. The Kier molecular flexibility index (Phi) is 13.1. The van der Waals surface area contributed by atoms with Crippen LogP contribution in [0.2, 0.25) is 0 Å². The summed E-state index contributed by atoms with van der Waals surface area (Å²) in [6.45, 7) is 34.0. The van der Waals surface area contributed by atoms with Crippen LogP contribution in [0.4, 0.5) is 0 Å². The minimum absolute atomic E-state index is 0. The third-order valence-electron chi connectivity index (χ3n) is 12.6. The van der Waals surface area contributed by atoms with Crippen molar-refractivity contribution in [2.45, 2.75) is 138 Å². The topological polar surface area (TPSA) is 35.9 Å². The van der Waals surface area contributed by atoms with E-state index in [9.17, 15) is 0 Å². The molecule has 0 unspecified atom stereocenters. The first-order chi connectivity index (χ1) is 30.1. The second-order valence-electron chi connectivity index (χ2n) is 21.7. The molecule has 0 amide bonds. The van der Waals surface area contributed by atoms with E-state index in [0.717, 1.165) is 50.3 Å². The van der Waals surface area contributed by atoms with Crippen molar-refractivity contribution >= 4 is 21.8 Å². The van der Waals surface area contributed by atoms with Gasteiger partial charge in [-0.3, -0.25) is 4.57 Å². The van der Waals surface area contributed by atoms with Gasteiger partial charge in [-0.15, -0.1) is 29.7 Å². The van der Waals surface area contributed by atoms with Crippen LogP contribution in [0.1, 0.15) is 155 Å². The van der Waals surface area contributed by atoms with E-state index in [-0.39, 0.29) is 37.3 Å². The van der Waals surface area contributed by atoms with E-state index in [4.69, 9.17) is 9.72 Å². The maximum atomic E-state index is 6.84. The van der Waals surface area contributed by atoms with Gasteiger partial charge in [0.25, 0.3) is 6.33 Å². The third-order valence-corrected chi connectivity index (χ3v) is 12.6. The molecule has 8 aromatic rings. The molecule has 0 bridgehead atoms. The molecule has 340 valence electrons. The van der Waals surface area contributed by atoms with Crippen LogP contribution in [0.5, 0.6) is 11.5 Å². The van der Waals surface area contributed by atoms with Crippen LogP contribution in [-0.4, -0.2) is 14.1 Å². The smallest absolute Gasteiger partial charge is 0.267 e. The summed E-state index contributed by atoms with van der Waals surface area (Å²) in [7, 11) is 0. The first kappa shape index (κ1) is 47.7. The zero-order valence-corrected chi connectivity index (χ0v) is 43.4. The third kappa shape index (κ3) is 9.55. The van der Waals surface area contributed by atoms with Crippen LogP contribution < -0.4 is 9.30 Å². The Morgan fingerprint density at radius 2 is 1.29 bits per heavy atom. The Hall–Kier alpha value is -5.25. The first-order valence-corrected chi connectivity index (χ1v) is 23.1. The van der Waals surface area contributed by atoms with Gasteiger partial charge in [-0.05, 0) is 109 Å². The standard InChI is InChI=1S/C59H66N4O.Pt/c1-37(2)41-28-50(38(3)4)56(51(29-41)39(5)6)40-19-18-20-44(27-40)61-35-54(59(13,14)15)62(36-61)45-30-43(58(10,11)12)31-47(33-45)64-46-23-24-49-48-21-16-17-22-52(48)63(53(49)34-46)55-32-42(25-26-60-55)57(7,8)9;/h16-32,35,37-39H,1-15H3;/q-2;. The van der Waals surface area contributed by atoms with Gasteiger partial charge in [0.05, 0.1) is 11.4 Å². The van der Waals surface area contributed by atoms with E-state index in [1.165, 1.54) is 33.4 Å². The molecular weight excluding hydrogens is 976 g/mol. The summed E-state index contributed by atoms with van der Waals surface area (Å²) in [5, 5.41) is 2.24. The van der Waals surface area contributed by atoms with Crippen LogP contribution in [0.15, 0.2) is 109 Å². The van der Waals surface area contributed by atoms with Crippen molar-refractivity contribution in [2.75, 3.05) is 0 Å². The summed E-state index contributed by atoms with van der Waals surface area (Å²) in [6.07, 6.45) is 7.92. The Bertz CT molecular complexity index is 2980. The molecule has 65 heavy (non-hydrogen) atoms. The van der Waals surface area contributed by atoms with Gasteiger partial charge < -0.3 is 13.9 Å². The molecule has 0 fully saturated rings. The van der Waals surface area contributed by atoms with Crippen LogP contribution in [0.25, 0.3) is 50.1 Å².